The smallest absolute Gasteiger partial charge is 0.416 e. The average Bonchev–Trinajstić information content (AvgIpc) is 2.24. The Morgan fingerprint density at radius 2 is 1.89 bits per heavy atom. The Morgan fingerprint density at radius 3 is 2.37 bits per heavy atom. The van der Waals surface area contributed by atoms with Crippen LogP contribution in [0.2, 0.25) is 0 Å². The van der Waals surface area contributed by atoms with Gasteiger partial charge in [-0.3, -0.25) is 4.79 Å². The van der Waals surface area contributed by atoms with Gasteiger partial charge in [-0.15, -0.1) is 0 Å². The molecule has 0 bridgehead atoms. The molecule has 19 heavy (non-hydrogen) atoms. The van der Waals surface area contributed by atoms with Crippen LogP contribution in [0.1, 0.15) is 17.5 Å². The van der Waals surface area contributed by atoms with Crippen molar-refractivity contribution in [2.75, 3.05) is 0 Å². The largest absolute Gasteiger partial charge is 0.481 e. The Kier molecular flexibility index (Phi) is 4.68. The quantitative estimate of drug-likeness (QED) is 0.844. The van der Waals surface area contributed by atoms with Crippen molar-refractivity contribution in [1.82, 2.24) is 0 Å². The third kappa shape index (κ3) is 5.11. The van der Waals surface area contributed by atoms with Crippen LogP contribution in [0.3, 0.4) is 0 Å². The number of hydrogen-bond donors (Lipinski definition) is 1. The van der Waals surface area contributed by atoms with Gasteiger partial charge in [0.1, 0.15) is 5.75 Å². The Morgan fingerprint density at radius 1 is 1.26 bits per heavy atom. The summed E-state index contributed by atoms with van der Waals surface area (Å²) in [6.45, 7) is -3.25. The van der Waals surface area contributed by atoms with Crippen LogP contribution in [0.4, 0.5) is 22.0 Å². The molecule has 1 aromatic rings. The summed E-state index contributed by atoms with van der Waals surface area (Å²) < 4.78 is 65.5. The first-order valence-electron chi connectivity index (χ1n) is 5.06. The molecule has 0 spiro atoms. The van der Waals surface area contributed by atoms with Gasteiger partial charge < -0.3 is 9.84 Å². The molecule has 0 aliphatic carbocycles. The highest BCUT2D eigenvalue weighted by Crippen LogP contribution is 2.33. The molecule has 0 fully saturated rings. The van der Waals surface area contributed by atoms with Crippen molar-refractivity contribution in [2.45, 2.75) is 25.6 Å². The van der Waals surface area contributed by atoms with E-state index < -0.39 is 36.5 Å². The second kappa shape index (κ2) is 5.85. The summed E-state index contributed by atoms with van der Waals surface area (Å²) in [5.74, 6) is -1.85. The third-order valence-corrected chi connectivity index (χ3v) is 2.15. The fraction of sp³-hybridized carbons (Fsp3) is 0.364. The predicted octanol–water partition coefficient (Wildman–Crippen LogP) is 3.32. The maximum atomic E-state index is 12.5. The molecule has 0 aliphatic rings. The molecule has 0 radical (unpaired) electrons. The Labute approximate surface area is 104 Å². The molecule has 106 valence electrons. The summed E-state index contributed by atoms with van der Waals surface area (Å²) in [5.41, 5.74) is -1.20. The van der Waals surface area contributed by atoms with Crippen LogP contribution in [-0.2, 0) is 17.4 Å². The molecule has 0 unspecified atom stereocenters. The van der Waals surface area contributed by atoms with Gasteiger partial charge in [-0.1, -0.05) is 0 Å². The maximum absolute atomic E-state index is 12.5. The van der Waals surface area contributed by atoms with E-state index >= 15 is 0 Å². The number of aliphatic carboxylic acids is 1. The van der Waals surface area contributed by atoms with E-state index in [2.05, 4.69) is 4.74 Å². The molecule has 3 nitrogen and oxygen atoms in total. The highest BCUT2D eigenvalue weighted by molar-refractivity contribution is 5.67. The topological polar surface area (TPSA) is 46.5 Å². The van der Waals surface area contributed by atoms with Crippen molar-refractivity contribution in [3.05, 3.63) is 29.3 Å². The molecular weight excluding hydrogens is 275 g/mol. The summed E-state index contributed by atoms with van der Waals surface area (Å²) in [5, 5.41) is 8.45. The Bertz CT molecular complexity index is 456. The van der Waals surface area contributed by atoms with Crippen LogP contribution in [0.15, 0.2) is 18.2 Å². The van der Waals surface area contributed by atoms with E-state index in [9.17, 15) is 26.7 Å². The minimum atomic E-state index is -4.72. The Hall–Kier alpha value is -1.86. The molecule has 1 aromatic carbocycles. The second-order valence-corrected chi connectivity index (χ2v) is 3.64. The van der Waals surface area contributed by atoms with Crippen LogP contribution in [0, 0.1) is 0 Å². The van der Waals surface area contributed by atoms with Gasteiger partial charge in [-0.05, 0) is 30.2 Å². The van der Waals surface area contributed by atoms with Crippen LogP contribution in [0.5, 0.6) is 5.75 Å². The van der Waals surface area contributed by atoms with Gasteiger partial charge in [0, 0.05) is 6.42 Å². The third-order valence-electron chi connectivity index (χ3n) is 2.15. The van der Waals surface area contributed by atoms with Gasteiger partial charge >= 0.3 is 18.8 Å². The number of carbonyl (C=O) groups is 1. The van der Waals surface area contributed by atoms with Crippen molar-refractivity contribution < 1.29 is 36.6 Å². The zero-order chi connectivity index (χ0) is 14.6. The van der Waals surface area contributed by atoms with E-state index in [0.717, 1.165) is 6.07 Å². The molecule has 0 heterocycles. The van der Waals surface area contributed by atoms with Gasteiger partial charge in [-0.25, -0.2) is 0 Å². The van der Waals surface area contributed by atoms with Gasteiger partial charge in [0.05, 0.1) is 5.56 Å². The van der Waals surface area contributed by atoms with Crippen molar-refractivity contribution in [3.8, 4) is 5.75 Å². The number of benzene rings is 1. The number of ether oxygens (including phenoxy) is 1. The summed E-state index contributed by atoms with van der Waals surface area (Å²) in [6, 6.07) is 2.11. The molecule has 8 heteroatoms. The molecule has 1 rings (SSSR count). The minimum Gasteiger partial charge on any atom is -0.481 e. The van der Waals surface area contributed by atoms with E-state index in [1.807, 2.05) is 0 Å². The second-order valence-electron chi connectivity index (χ2n) is 3.64. The summed E-state index contributed by atoms with van der Waals surface area (Å²) >= 11 is 0. The van der Waals surface area contributed by atoms with Crippen LogP contribution >= 0.6 is 0 Å². The number of rotatable bonds is 5. The monoisotopic (exact) mass is 284 g/mol. The predicted molar refractivity (Wildman–Crippen MR) is 54.0 cm³/mol. The van der Waals surface area contributed by atoms with Crippen LogP contribution in [0.25, 0.3) is 0 Å². The summed E-state index contributed by atoms with van der Waals surface area (Å²) in [6.07, 6.45) is -5.34. The van der Waals surface area contributed by atoms with E-state index in [1.165, 1.54) is 0 Å². The van der Waals surface area contributed by atoms with Crippen LogP contribution < -0.4 is 4.74 Å². The van der Waals surface area contributed by atoms with Crippen LogP contribution in [-0.4, -0.2) is 17.7 Å². The Balaban J connectivity index is 3.05. The zero-order valence-corrected chi connectivity index (χ0v) is 9.38. The number of carboxylic acid groups (broad SMARTS) is 1. The van der Waals surface area contributed by atoms with Gasteiger partial charge in [0.15, 0.2) is 0 Å². The number of carboxylic acids is 1. The van der Waals surface area contributed by atoms with Gasteiger partial charge in [0.25, 0.3) is 0 Å². The fourth-order valence-corrected chi connectivity index (χ4v) is 1.39. The molecule has 0 atom stereocenters. The number of hydrogen-bond acceptors (Lipinski definition) is 2. The van der Waals surface area contributed by atoms with Gasteiger partial charge in [0.2, 0.25) is 0 Å². The van der Waals surface area contributed by atoms with E-state index in [-0.39, 0.29) is 12.0 Å². The van der Waals surface area contributed by atoms with E-state index in [4.69, 9.17) is 5.11 Å². The van der Waals surface area contributed by atoms with E-state index in [0.29, 0.717) is 12.1 Å². The molecule has 0 aromatic heterocycles. The van der Waals surface area contributed by atoms with Crippen molar-refractivity contribution in [3.63, 3.8) is 0 Å². The maximum Gasteiger partial charge on any atom is 0.416 e. The molecule has 1 N–H and O–H groups in total. The average molecular weight is 284 g/mol. The molecular formula is C11H9F5O3. The fourth-order valence-electron chi connectivity index (χ4n) is 1.39. The molecule has 0 amide bonds. The first kappa shape index (κ1) is 15.2. The lowest BCUT2D eigenvalue weighted by atomic mass is 10.1. The zero-order valence-electron chi connectivity index (χ0n) is 9.38. The highest BCUT2D eigenvalue weighted by atomic mass is 19.4. The molecule has 0 saturated carbocycles. The summed E-state index contributed by atoms with van der Waals surface area (Å²) in [7, 11) is 0. The lowest BCUT2D eigenvalue weighted by Crippen LogP contribution is -2.09. The number of halogens is 5. The summed E-state index contributed by atoms with van der Waals surface area (Å²) in [4.78, 5) is 10.3. The number of aryl methyl sites for hydroxylation is 1. The van der Waals surface area contributed by atoms with Crippen molar-refractivity contribution >= 4 is 5.97 Å². The van der Waals surface area contributed by atoms with Gasteiger partial charge in [-0.2, -0.15) is 22.0 Å². The lowest BCUT2D eigenvalue weighted by Gasteiger charge is -2.12. The highest BCUT2D eigenvalue weighted by Gasteiger charge is 2.31. The normalized spacial score (nSPS) is 11.7. The molecule has 0 aliphatic heterocycles. The SMILES string of the molecule is O=C(O)CCc1cc(OC(F)F)cc(C(F)(F)F)c1. The molecule has 0 saturated heterocycles. The standard InChI is InChI=1S/C11H9F5O3/c12-10(13)19-8-4-6(1-2-9(17)18)3-7(5-8)11(14,15)16/h3-5,10H,1-2H2,(H,17,18). The van der Waals surface area contributed by atoms with Crippen molar-refractivity contribution in [1.29, 1.82) is 0 Å². The first-order valence-corrected chi connectivity index (χ1v) is 5.06. The lowest BCUT2D eigenvalue weighted by molar-refractivity contribution is -0.138. The first-order chi connectivity index (χ1) is 8.68. The van der Waals surface area contributed by atoms with Crippen molar-refractivity contribution in [2.24, 2.45) is 0 Å². The minimum absolute atomic E-state index is 0.0344. The number of alkyl halides is 5. The van der Waals surface area contributed by atoms with E-state index in [1.54, 1.807) is 0 Å².